The van der Waals surface area contributed by atoms with E-state index in [4.69, 9.17) is 16.0 Å². The van der Waals surface area contributed by atoms with Crippen LogP contribution in [0.3, 0.4) is 0 Å². The number of amides is 1. The summed E-state index contributed by atoms with van der Waals surface area (Å²) in [6.45, 7) is 2.39. The molecule has 1 aromatic heterocycles. The second-order valence-electron chi connectivity index (χ2n) is 5.82. The number of carbonyl (C=O) groups is 1. The predicted octanol–water partition coefficient (Wildman–Crippen LogP) is 4.53. The van der Waals surface area contributed by atoms with E-state index >= 15 is 0 Å². The Morgan fingerprint density at radius 2 is 1.96 bits per heavy atom. The average Bonchev–Trinajstić information content (AvgIpc) is 3.10. The van der Waals surface area contributed by atoms with Crippen LogP contribution >= 0.6 is 23.4 Å². The van der Waals surface area contributed by atoms with Crippen molar-refractivity contribution in [3.05, 3.63) is 65.2 Å². The van der Waals surface area contributed by atoms with Gasteiger partial charge in [-0.25, -0.2) is 0 Å². The van der Waals surface area contributed by atoms with Crippen molar-refractivity contribution in [1.82, 2.24) is 15.1 Å². The lowest BCUT2D eigenvalue weighted by Gasteiger charge is -2.20. The Balaban J connectivity index is 1.62. The zero-order chi connectivity index (χ0) is 18.5. The highest BCUT2D eigenvalue weighted by molar-refractivity contribution is 8.00. The van der Waals surface area contributed by atoms with E-state index in [1.165, 1.54) is 11.8 Å². The lowest BCUT2D eigenvalue weighted by Crippen LogP contribution is -2.32. The molecule has 1 heterocycles. The SMILES string of the molecule is C[C@@H](Sc1nnc(-c2cccc(Cl)c2)o1)C(=O)N(C)Cc1ccccc1. The molecule has 0 saturated heterocycles. The molecule has 0 radical (unpaired) electrons. The maximum Gasteiger partial charge on any atom is 0.277 e. The number of carbonyl (C=O) groups excluding carboxylic acids is 1. The van der Waals surface area contributed by atoms with E-state index in [0.717, 1.165) is 11.1 Å². The summed E-state index contributed by atoms with van der Waals surface area (Å²) in [7, 11) is 1.79. The van der Waals surface area contributed by atoms with Gasteiger partial charge in [0.1, 0.15) is 0 Å². The molecule has 2 aromatic carbocycles. The molecular formula is C19H18ClN3O2S. The Morgan fingerprint density at radius 1 is 1.19 bits per heavy atom. The number of benzene rings is 2. The zero-order valence-corrected chi connectivity index (χ0v) is 16.0. The molecule has 0 aliphatic carbocycles. The molecule has 134 valence electrons. The Kier molecular flexibility index (Phi) is 5.96. The number of nitrogens with zero attached hydrogens (tertiary/aromatic N) is 3. The van der Waals surface area contributed by atoms with Gasteiger partial charge in [-0.3, -0.25) is 4.79 Å². The van der Waals surface area contributed by atoms with Crippen molar-refractivity contribution >= 4 is 29.3 Å². The lowest BCUT2D eigenvalue weighted by molar-refractivity contribution is -0.129. The smallest absolute Gasteiger partial charge is 0.277 e. The Bertz CT molecular complexity index is 885. The minimum absolute atomic E-state index is 0.00126. The number of hydrogen-bond acceptors (Lipinski definition) is 5. The van der Waals surface area contributed by atoms with Crippen molar-refractivity contribution < 1.29 is 9.21 Å². The molecule has 3 rings (SSSR count). The second-order valence-corrected chi connectivity index (χ2v) is 7.55. The van der Waals surface area contributed by atoms with Crippen LogP contribution in [0.15, 0.2) is 64.2 Å². The van der Waals surface area contributed by atoms with Crippen molar-refractivity contribution in [2.24, 2.45) is 0 Å². The normalized spacial score (nSPS) is 12.0. The standard InChI is InChI=1S/C19H18ClN3O2S/c1-13(18(24)23(2)12-14-7-4-3-5-8-14)26-19-22-21-17(25-19)15-9-6-10-16(20)11-15/h3-11,13H,12H2,1-2H3/t13-/m1/s1. The summed E-state index contributed by atoms with van der Waals surface area (Å²) < 4.78 is 5.65. The molecule has 0 spiro atoms. The maximum absolute atomic E-state index is 12.6. The largest absolute Gasteiger partial charge is 0.411 e. The summed E-state index contributed by atoms with van der Waals surface area (Å²) >= 11 is 7.23. The molecule has 7 heteroatoms. The lowest BCUT2D eigenvalue weighted by atomic mass is 10.2. The van der Waals surface area contributed by atoms with Gasteiger partial charge in [0.2, 0.25) is 11.8 Å². The number of thioether (sulfide) groups is 1. The fourth-order valence-electron chi connectivity index (χ4n) is 2.44. The molecule has 0 N–H and O–H groups in total. The van der Waals surface area contributed by atoms with Crippen LogP contribution in [0.5, 0.6) is 0 Å². The van der Waals surface area contributed by atoms with Gasteiger partial charge < -0.3 is 9.32 Å². The van der Waals surface area contributed by atoms with Crippen molar-refractivity contribution in [3.8, 4) is 11.5 Å². The summed E-state index contributed by atoms with van der Waals surface area (Å²) in [6.07, 6.45) is 0. The molecule has 0 unspecified atom stereocenters. The molecule has 0 aliphatic rings. The van der Waals surface area contributed by atoms with Crippen LogP contribution in [0.25, 0.3) is 11.5 Å². The van der Waals surface area contributed by atoms with Gasteiger partial charge in [-0.1, -0.05) is 59.8 Å². The molecule has 3 aromatic rings. The zero-order valence-electron chi connectivity index (χ0n) is 14.4. The highest BCUT2D eigenvalue weighted by atomic mass is 35.5. The summed E-state index contributed by atoms with van der Waals surface area (Å²) in [5.74, 6) is 0.383. The van der Waals surface area contributed by atoms with E-state index in [1.54, 1.807) is 24.1 Å². The van der Waals surface area contributed by atoms with Crippen molar-refractivity contribution in [2.75, 3.05) is 7.05 Å². The molecule has 1 atom stereocenters. The van der Waals surface area contributed by atoms with E-state index in [-0.39, 0.29) is 11.2 Å². The van der Waals surface area contributed by atoms with Crippen LogP contribution < -0.4 is 0 Å². The predicted molar refractivity (Wildman–Crippen MR) is 103 cm³/mol. The van der Waals surface area contributed by atoms with E-state index in [1.807, 2.05) is 49.4 Å². The highest BCUT2D eigenvalue weighted by Gasteiger charge is 2.22. The molecule has 0 fully saturated rings. The molecule has 0 saturated carbocycles. The van der Waals surface area contributed by atoms with Crippen molar-refractivity contribution in [3.63, 3.8) is 0 Å². The van der Waals surface area contributed by atoms with Gasteiger partial charge in [0.15, 0.2) is 0 Å². The molecular weight excluding hydrogens is 370 g/mol. The fraction of sp³-hybridized carbons (Fsp3) is 0.211. The van der Waals surface area contributed by atoms with Gasteiger partial charge in [-0.2, -0.15) is 0 Å². The van der Waals surface area contributed by atoms with E-state index in [9.17, 15) is 4.79 Å². The van der Waals surface area contributed by atoms with Gasteiger partial charge in [0, 0.05) is 24.2 Å². The molecule has 5 nitrogen and oxygen atoms in total. The van der Waals surface area contributed by atoms with Crippen LogP contribution in [-0.2, 0) is 11.3 Å². The quantitative estimate of drug-likeness (QED) is 0.581. The van der Waals surface area contributed by atoms with Crippen LogP contribution in [0.4, 0.5) is 0 Å². The number of rotatable bonds is 6. The summed E-state index contributed by atoms with van der Waals surface area (Å²) in [4.78, 5) is 14.3. The number of aromatic nitrogens is 2. The van der Waals surface area contributed by atoms with Gasteiger partial charge in [0.05, 0.1) is 5.25 Å². The van der Waals surface area contributed by atoms with E-state index < -0.39 is 0 Å². The average molecular weight is 388 g/mol. The minimum Gasteiger partial charge on any atom is -0.411 e. The summed E-state index contributed by atoms with van der Waals surface area (Å²) in [6, 6.07) is 17.1. The Labute approximate surface area is 161 Å². The topological polar surface area (TPSA) is 59.2 Å². The van der Waals surface area contributed by atoms with E-state index in [2.05, 4.69) is 10.2 Å². The molecule has 0 bridgehead atoms. The third-order valence-corrected chi connectivity index (χ3v) is 4.90. The highest BCUT2D eigenvalue weighted by Crippen LogP contribution is 2.28. The van der Waals surface area contributed by atoms with Gasteiger partial charge >= 0.3 is 0 Å². The first-order valence-corrected chi connectivity index (χ1v) is 9.33. The number of hydrogen-bond donors (Lipinski definition) is 0. The summed E-state index contributed by atoms with van der Waals surface area (Å²) in [5.41, 5.74) is 1.83. The first kappa shape index (κ1) is 18.5. The third kappa shape index (κ3) is 4.65. The van der Waals surface area contributed by atoms with Crippen LogP contribution in [0, 0.1) is 0 Å². The van der Waals surface area contributed by atoms with E-state index in [0.29, 0.717) is 22.7 Å². The third-order valence-electron chi connectivity index (χ3n) is 3.74. The Morgan fingerprint density at radius 3 is 2.69 bits per heavy atom. The van der Waals surface area contributed by atoms with Crippen LogP contribution in [-0.4, -0.2) is 33.3 Å². The van der Waals surface area contributed by atoms with Crippen LogP contribution in [0.1, 0.15) is 12.5 Å². The second kappa shape index (κ2) is 8.38. The van der Waals surface area contributed by atoms with Crippen molar-refractivity contribution in [2.45, 2.75) is 23.9 Å². The molecule has 1 amide bonds. The molecule has 0 aliphatic heterocycles. The Hall–Kier alpha value is -2.31. The van der Waals surface area contributed by atoms with Gasteiger partial charge in [0.25, 0.3) is 5.22 Å². The monoisotopic (exact) mass is 387 g/mol. The first-order chi connectivity index (χ1) is 12.5. The summed E-state index contributed by atoms with van der Waals surface area (Å²) in [5, 5.41) is 8.67. The maximum atomic E-state index is 12.6. The van der Waals surface area contributed by atoms with Gasteiger partial charge in [-0.05, 0) is 30.7 Å². The minimum atomic E-state index is -0.337. The fourth-order valence-corrected chi connectivity index (χ4v) is 3.43. The number of halogens is 1. The van der Waals surface area contributed by atoms with Gasteiger partial charge in [-0.15, -0.1) is 10.2 Å². The molecule has 26 heavy (non-hydrogen) atoms. The first-order valence-electron chi connectivity index (χ1n) is 8.08. The van der Waals surface area contributed by atoms with Crippen LogP contribution in [0.2, 0.25) is 5.02 Å². The van der Waals surface area contributed by atoms with Crippen molar-refractivity contribution in [1.29, 1.82) is 0 Å².